The van der Waals surface area contributed by atoms with Gasteiger partial charge in [-0.1, -0.05) is 32.0 Å². The first-order valence-corrected chi connectivity index (χ1v) is 13.7. The smallest absolute Gasteiger partial charge is 0.264 e. The van der Waals surface area contributed by atoms with Crippen LogP contribution in [0.25, 0.3) is 11.3 Å². The Morgan fingerprint density at radius 2 is 1.92 bits per heavy atom. The monoisotopic (exact) mass is 521 g/mol. The zero-order chi connectivity index (χ0) is 26.2. The molecular formula is C28H35N5O3S. The Hall–Kier alpha value is -3.46. The van der Waals surface area contributed by atoms with Crippen LogP contribution in [0.4, 0.5) is 5.82 Å². The van der Waals surface area contributed by atoms with E-state index in [0.717, 1.165) is 42.2 Å². The van der Waals surface area contributed by atoms with Gasteiger partial charge < -0.3 is 19.4 Å². The number of benzene rings is 1. The standard InChI is InChI=1S/C28H35N5O3S/c1-21(2)12-15-33(28(35)25-9-5-18-37-25)20-27(34)32-14-6-13-31(16-17-32)26-11-10-24(29-30-26)22-7-4-8-23(19-22)36-3/h4-5,7-11,18-19,21H,6,12-17,20H2,1-3H3. The molecule has 2 amide bonds. The lowest BCUT2D eigenvalue weighted by Gasteiger charge is -2.27. The third-order valence-electron chi connectivity index (χ3n) is 6.51. The van der Waals surface area contributed by atoms with Gasteiger partial charge in [-0.2, -0.15) is 0 Å². The minimum absolute atomic E-state index is 0.00466. The molecule has 1 aliphatic rings. The van der Waals surface area contributed by atoms with Gasteiger partial charge in [-0.3, -0.25) is 9.59 Å². The summed E-state index contributed by atoms with van der Waals surface area (Å²) in [6.45, 7) is 7.66. The van der Waals surface area contributed by atoms with Crippen molar-refractivity contribution in [2.24, 2.45) is 5.92 Å². The van der Waals surface area contributed by atoms with Crippen molar-refractivity contribution in [3.05, 3.63) is 58.8 Å². The van der Waals surface area contributed by atoms with Crippen LogP contribution in [0, 0.1) is 5.92 Å². The molecule has 0 unspecified atom stereocenters. The number of ether oxygens (including phenoxy) is 1. The van der Waals surface area contributed by atoms with Crippen molar-refractivity contribution in [3.63, 3.8) is 0 Å². The maximum Gasteiger partial charge on any atom is 0.264 e. The number of methoxy groups -OCH3 is 1. The molecule has 8 nitrogen and oxygen atoms in total. The molecule has 0 atom stereocenters. The fourth-order valence-corrected chi connectivity index (χ4v) is 5.00. The zero-order valence-electron chi connectivity index (χ0n) is 21.8. The van der Waals surface area contributed by atoms with Crippen LogP contribution in [0.3, 0.4) is 0 Å². The highest BCUT2D eigenvalue weighted by atomic mass is 32.1. The highest BCUT2D eigenvalue weighted by Gasteiger charge is 2.25. The number of carbonyl (C=O) groups is 2. The molecule has 1 aromatic carbocycles. The fraction of sp³-hybridized carbons (Fsp3) is 0.429. The molecule has 1 fully saturated rings. The highest BCUT2D eigenvalue weighted by molar-refractivity contribution is 7.12. The van der Waals surface area contributed by atoms with Crippen molar-refractivity contribution in [1.82, 2.24) is 20.0 Å². The summed E-state index contributed by atoms with van der Waals surface area (Å²) in [5, 5.41) is 10.8. The average molecular weight is 522 g/mol. The molecule has 4 rings (SSSR count). The van der Waals surface area contributed by atoms with Crippen molar-refractivity contribution in [2.75, 3.05) is 51.3 Å². The topological polar surface area (TPSA) is 78.9 Å². The van der Waals surface area contributed by atoms with Crippen LogP contribution < -0.4 is 9.64 Å². The average Bonchev–Trinajstić information content (AvgIpc) is 3.35. The van der Waals surface area contributed by atoms with Crippen molar-refractivity contribution in [2.45, 2.75) is 26.7 Å². The maximum absolute atomic E-state index is 13.3. The molecule has 0 N–H and O–H groups in total. The summed E-state index contributed by atoms with van der Waals surface area (Å²) in [4.78, 5) is 32.7. The van der Waals surface area contributed by atoms with E-state index in [1.165, 1.54) is 11.3 Å². The van der Waals surface area contributed by atoms with Crippen molar-refractivity contribution in [3.8, 4) is 17.0 Å². The summed E-state index contributed by atoms with van der Waals surface area (Å²) in [5.41, 5.74) is 1.73. The van der Waals surface area contributed by atoms with E-state index in [2.05, 4.69) is 28.9 Å². The third-order valence-corrected chi connectivity index (χ3v) is 7.37. The van der Waals surface area contributed by atoms with E-state index < -0.39 is 0 Å². The number of nitrogens with zero attached hydrogens (tertiary/aromatic N) is 5. The van der Waals surface area contributed by atoms with E-state index >= 15 is 0 Å². The SMILES string of the molecule is COc1cccc(-c2ccc(N3CCCN(C(=O)CN(CCC(C)C)C(=O)c4cccs4)CC3)nn2)c1. The minimum Gasteiger partial charge on any atom is -0.497 e. The second-order valence-electron chi connectivity index (χ2n) is 9.62. The highest BCUT2D eigenvalue weighted by Crippen LogP contribution is 2.23. The largest absolute Gasteiger partial charge is 0.497 e. The van der Waals surface area contributed by atoms with Gasteiger partial charge in [0, 0.05) is 38.3 Å². The number of aromatic nitrogens is 2. The van der Waals surface area contributed by atoms with Gasteiger partial charge in [0.2, 0.25) is 5.91 Å². The Morgan fingerprint density at radius 1 is 1.05 bits per heavy atom. The number of hydrogen-bond acceptors (Lipinski definition) is 7. The van der Waals surface area contributed by atoms with E-state index in [1.807, 2.05) is 58.8 Å². The van der Waals surface area contributed by atoms with Crippen molar-refractivity contribution < 1.29 is 14.3 Å². The van der Waals surface area contributed by atoms with E-state index in [9.17, 15) is 9.59 Å². The van der Waals surface area contributed by atoms with Gasteiger partial charge in [0.15, 0.2) is 5.82 Å². The number of carbonyl (C=O) groups excluding carboxylic acids is 2. The van der Waals surface area contributed by atoms with Crippen LogP contribution in [0.15, 0.2) is 53.9 Å². The molecule has 1 saturated heterocycles. The zero-order valence-corrected chi connectivity index (χ0v) is 22.6. The van der Waals surface area contributed by atoms with Crippen LogP contribution in [0.2, 0.25) is 0 Å². The van der Waals surface area contributed by atoms with Crippen LogP contribution in [0.5, 0.6) is 5.75 Å². The van der Waals surface area contributed by atoms with Crippen LogP contribution in [-0.4, -0.2) is 78.2 Å². The molecule has 1 aliphatic heterocycles. The molecule has 0 aliphatic carbocycles. The lowest BCUT2D eigenvalue weighted by atomic mass is 10.1. The van der Waals surface area contributed by atoms with Gasteiger partial charge in [-0.05, 0) is 54.5 Å². The van der Waals surface area contributed by atoms with Gasteiger partial charge in [0.25, 0.3) is 5.91 Å². The summed E-state index contributed by atoms with van der Waals surface area (Å²) < 4.78 is 5.31. The first-order valence-electron chi connectivity index (χ1n) is 12.8. The quantitative estimate of drug-likeness (QED) is 0.414. The molecule has 0 radical (unpaired) electrons. The predicted molar refractivity (Wildman–Crippen MR) is 147 cm³/mol. The Balaban J connectivity index is 1.37. The number of amides is 2. The van der Waals surface area contributed by atoms with Crippen molar-refractivity contribution in [1.29, 1.82) is 0 Å². The molecule has 3 heterocycles. The number of thiophene rings is 1. The molecule has 37 heavy (non-hydrogen) atoms. The van der Waals surface area contributed by atoms with Gasteiger partial charge in [-0.15, -0.1) is 21.5 Å². The van der Waals surface area contributed by atoms with Gasteiger partial charge in [0.05, 0.1) is 17.7 Å². The minimum atomic E-state index is -0.0631. The summed E-state index contributed by atoms with van der Waals surface area (Å²) >= 11 is 1.42. The summed E-state index contributed by atoms with van der Waals surface area (Å²) in [5.74, 6) is 1.96. The molecule has 9 heteroatoms. The molecular weight excluding hydrogens is 486 g/mol. The van der Waals surface area contributed by atoms with Crippen molar-refractivity contribution >= 4 is 29.0 Å². The fourth-order valence-electron chi connectivity index (χ4n) is 4.31. The normalized spacial score (nSPS) is 13.9. The summed E-state index contributed by atoms with van der Waals surface area (Å²) in [6.07, 6.45) is 1.69. The molecule has 0 spiro atoms. The Labute approximate surface area is 222 Å². The Bertz CT molecular complexity index is 1170. The second-order valence-corrected chi connectivity index (χ2v) is 10.6. The van der Waals surface area contributed by atoms with Crippen LogP contribution >= 0.6 is 11.3 Å². The van der Waals surface area contributed by atoms with Crippen LogP contribution in [-0.2, 0) is 4.79 Å². The first-order chi connectivity index (χ1) is 17.9. The molecule has 196 valence electrons. The third kappa shape index (κ3) is 7.07. The van der Waals surface area contributed by atoms with Gasteiger partial charge in [0.1, 0.15) is 12.3 Å². The van der Waals surface area contributed by atoms with E-state index in [-0.39, 0.29) is 18.4 Å². The Morgan fingerprint density at radius 3 is 2.62 bits per heavy atom. The first kappa shape index (κ1) is 26.6. The molecule has 0 saturated carbocycles. The molecule has 2 aromatic heterocycles. The number of hydrogen-bond donors (Lipinski definition) is 0. The lowest BCUT2D eigenvalue weighted by Crippen LogP contribution is -2.44. The van der Waals surface area contributed by atoms with E-state index in [1.54, 1.807) is 12.0 Å². The number of anilines is 1. The maximum atomic E-state index is 13.3. The molecule has 0 bridgehead atoms. The lowest BCUT2D eigenvalue weighted by molar-refractivity contribution is -0.131. The number of rotatable bonds is 9. The van der Waals surface area contributed by atoms with E-state index in [0.29, 0.717) is 37.0 Å². The van der Waals surface area contributed by atoms with Crippen LogP contribution in [0.1, 0.15) is 36.4 Å². The molecule has 3 aromatic rings. The second kappa shape index (κ2) is 12.7. The van der Waals surface area contributed by atoms with E-state index in [4.69, 9.17) is 4.74 Å². The Kier molecular flexibility index (Phi) is 9.11. The van der Waals surface area contributed by atoms with Gasteiger partial charge in [-0.25, -0.2) is 0 Å². The van der Waals surface area contributed by atoms with Gasteiger partial charge >= 0.3 is 0 Å². The summed E-state index contributed by atoms with van der Waals surface area (Å²) in [6, 6.07) is 15.4. The predicted octanol–water partition coefficient (Wildman–Crippen LogP) is 4.44. The summed E-state index contributed by atoms with van der Waals surface area (Å²) in [7, 11) is 1.64.